The average Bonchev–Trinajstić information content (AvgIpc) is 2.61. The fourth-order valence-electron chi connectivity index (χ4n) is 2.22. The van der Waals surface area contributed by atoms with Crippen LogP contribution in [0.2, 0.25) is 0 Å². The fourth-order valence-corrected chi connectivity index (χ4v) is 2.22. The molecule has 0 radical (unpaired) electrons. The van der Waals surface area contributed by atoms with Gasteiger partial charge in [0.2, 0.25) is 0 Å². The molecule has 0 aliphatic heterocycles. The van der Waals surface area contributed by atoms with Crippen LogP contribution in [0.25, 0.3) is 0 Å². The highest BCUT2D eigenvalue weighted by Crippen LogP contribution is 2.16. The molecule has 0 heterocycles. The minimum Gasteiger partial charge on any atom is -0.489 e. The largest absolute Gasteiger partial charge is 0.489 e. The highest BCUT2D eigenvalue weighted by molar-refractivity contribution is 5.74. The van der Waals surface area contributed by atoms with Crippen LogP contribution in [0, 0.1) is 0 Å². The summed E-state index contributed by atoms with van der Waals surface area (Å²) in [6, 6.07) is 17.7. The van der Waals surface area contributed by atoms with Gasteiger partial charge in [0.25, 0.3) is 0 Å². The maximum Gasteiger partial charge on any atom is 0.335 e. The van der Waals surface area contributed by atoms with Gasteiger partial charge in [-0.05, 0) is 30.2 Å². The zero-order valence-electron chi connectivity index (χ0n) is 13.5. The Morgan fingerprint density at radius 2 is 1.70 bits per heavy atom. The van der Waals surface area contributed by atoms with Gasteiger partial charge in [-0.2, -0.15) is 0 Å². The molecule has 0 amide bonds. The molecule has 4 nitrogen and oxygen atoms in total. The van der Waals surface area contributed by atoms with Gasteiger partial charge in [-0.1, -0.05) is 42.5 Å². The van der Waals surface area contributed by atoms with E-state index in [-0.39, 0.29) is 5.97 Å². The Hall–Kier alpha value is -2.33. The normalized spacial score (nSPS) is 11.7. The maximum absolute atomic E-state index is 11.7. The van der Waals surface area contributed by atoms with Gasteiger partial charge in [0, 0.05) is 13.0 Å². The Kier molecular flexibility index (Phi) is 6.63. The molecule has 122 valence electrons. The monoisotopic (exact) mass is 314 g/mol. The predicted molar refractivity (Wildman–Crippen MR) is 88.4 cm³/mol. The van der Waals surface area contributed by atoms with Crippen LogP contribution in [0.4, 0.5) is 0 Å². The van der Waals surface area contributed by atoms with E-state index in [1.807, 2.05) is 61.5 Å². The summed E-state index contributed by atoms with van der Waals surface area (Å²) in [5, 5.41) is 0. The Bertz CT molecular complexity index is 593. The van der Waals surface area contributed by atoms with Crippen LogP contribution in [0.15, 0.2) is 54.6 Å². The summed E-state index contributed by atoms with van der Waals surface area (Å²) >= 11 is 0. The molecular formula is C19H22O4. The lowest BCUT2D eigenvalue weighted by Crippen LogP contribution is -2.28. The summed E-state index contributed by atoms with van der Waals surface area (Å²) in [5.41, 5.74) is 2.12. The molecule has 23 heavy (non-hydrogen) atoms. The van der Waals surface area contributed by atoms with E-state index in [2.05, 4.69) is 0 Å². The van der Waals surface area contributed by atoms with Crippen LogP contribution in [-0.2, 0) is 27.3 Å². The number of hydrogen-bond acceptors (Lipinski definition) is 4. The van der Waals surface area contributed by atoms with E-state index in [1.54, 1.807) is 0 Å². The number of methoxy groups -OCH3 is 1. The SMILES string of the molecule is CCOC(Cc1ccc(OCc2ccccc2)cc1)C(=O)OC. The lowest BCUT2D eigenvalue weighted by atomic mass is 10.1. The van der Waals surface area contributed by atoms with Gasteiger partial charge in [0.15, 0.2) is 6.10 Å². The molecule has 1 atom stereocenters. The lowest BCUT2D eigenvalue weighted by Gasteiger charge is -2.15. The second-order valence-corrected chi connectivity index (χ2v) is 5.09. The summed E-state index contributed by atoms with van der Waals surface area (Å²) < 4.78 is 15.9. The molecular weight excluding hydrogens is 292 g/mol. The van der Waals surface area contributed by atoms with Crippen molar-refractivity contribution >= 4 is 5.97 Å². The van der Waals surface area contributed by atoms with Gasteiger partial charge in [-0.25, -0.2) is 4.79 Å². The predicted octanol–water partition coefficient (Wildman–Crippen LogP) is 3.39. The zero-order valence-corrected chi connectivity index (χ0v) is 13.5. The molecule has 0 aromatic heterocycles. The number of benzene rings is 2. The van der Waals surface area contributed by atoms with Crippen molar-refractivity contribution in [2.24, 2.45) is 0 Å². The van der Waals surface area contributed by atoms with Gasteiger partial charge in [-0.3, -0.25) is 0 Å². The van der Waals surface area contributed by atoms with Crippen molar-refractivity contribution in [1.29, 1.82) is 0 Å². The Morgan fingerprint density at radius 1 is 1.00 bits per heavy atom. The van der Waals surface area contributed by atoms with Crippen molar-refractivity contribution < 1.29 is 19.0 Å². The third-order valence-electron chi connectivity index (χ3n) is 3.42. The number of rotatable bonds is 8. The first-order valence-corrected chi connectivity index (χ1v) is 7.68. The average molecular weight is 314 g/mol. The second-order valence-electron chi connectivity index (χ2n) is 5.09. The molecule has 0 aliphatic carbocycles. The summed E-state index contributed by atoms with van der Waals surface area (Å²) in [6.07, 6.45) is -0.0828. The van der Waals surface area contributed by atoms with Crippen LogP contribution in [0.1, 0.15) is 18.1 Å². The molecule has 1 unspecified atom stereocenters. The highest BCUT2D eigenvalue weighted by Gasteiger charge is 2.19. The van der Waals surface area contributed by atoms with E-state index in [0.717, 1.165) is 16.9 Å². The first-order chi connectivity index (χ1) is 11.2. The van der Waals surface area contributed by atoms with E-state index in [1.165, 1.54) is 7.11 Å². The second kappa shape index (κ2) is 8.96. The number of esters is 1. The fraction of sp³-hybridized carbons (Fsp3) is 0.316. The van der Waals surface area contributed by atoms with E-state index < -0.39 is 6.10 Å². The van der Waals surface area contributed by atoms with Gasteiger partial charge in [-0.15, -0.1) is 0 Å². The first kappa shape index (κ1) is 17.0. The molecule has 2 aromatic carbocycles. The summed E-state index contributed by atoms with van der Waals surface area (Å²) in [4.78, 5) is 11.7. The molecule has 0 saturated heterocycles. The van der Waals surface area contributed by atoms with Gasteiger partial charge in [0.1, 0.15) is 12.4 Å². The van der Waals surface area contributed by atoms with Gasteiger partial charge >= 0.3 is 5.97 Å². The molecule has 0 saturated carbocycles. The quantitative estimate of drug-likeness (QED) is 0.701. The smallest absolute Gasteiger partial charge is 0.335 e. The van der Waals surface area contributed by atoms with Gasteiger partial charge in [0.05, 0.1) is 7.11 Å². The van der Waals surface area contributed by atoms with Crippen LogP contribution in [0.5, 0.6) is 5.75 Å². The third-order valence-corrected chi connectivity index (χ3v) is 3.42. The van der Waals surface area contributed by atoms with E-state index >= 15 is 0 Å². The highest BCUT2D eigenvalue weighted by atomic mass is 16.6. The topological polar surface area (TPSA) is 44.8 Å². The van der Waals surface area contributed by atoms with Crippen molar-refractivity contribution in [2.45, 2.75) is 26.1 Å². The van der Waals surface area contributed by atoms with Crippen LogP contribution >= 0.6 is 0 Å². The third kappa shape index (κ3) is 5.42. The Labute approximate surface area is 137 Å². The number of carbonyl (C=O) groups excluding carboxylic acids is 1. The standard InChI is InChI=1S/C19H22O4/c1-3-22-18(19(20)21-2)13-15-9-11-17(12-10-15)23-14-16-7-5-4-6-8-16/h4-12,18H,3,13-14H2,1-2H3. The van der Waals surface area contributed by atoms with Crippen LogP contribution in [0.3, 0.4) is 0 Å². The molecule has 0 fully saturated rings. The number of ether oxygens (including phenoxy) is 3. The minimum atomic E-state index is -0.568. The zero-order chi connectivity index (χ0) is 16.5. The van der Waals surface area contributed by atoms with Crippen LogP contribution in [-0.4, -0.2) is 25.8 Å². The first-order valence-electron chi connectivity index (χ1n) is 7.68. The molecule has 2 aromatic rings. The Balaban J connectivity index is 1.92. The lowest BCUT2D eigenvalue weighted by molar-refractivity contribution is -0.153. The minimum absolute atomic E-state index is 0.351. The summed E-state index contributed by atoms with van der Waals surface area (Å²) in [6.45, 7) is 2.86. The number of carbonyl (C=O) groups is 1. The summed E-state index contributed by atoms with van der Waals surface area (Å²) in [7, 11) is 1.37. The van der Waals surface area contributed by atoms with Crippen molar-refractivity contribution in [3.63, 3.8) is 0 Å². The van der Waals surface area contributed by atoms with E-state index in [0.29, 0.717) is 19.6 Å². The molecule has 2 rings (SSSR count). The number of hydrogen-bond donors (Lipinski definition) is 0. The molecule has 0 N–H and O–H groups in total. The molecule has 4 heteroatoms. The van der Waals surface area contributed by atoms with E-state index in [9.17, 15) is 4.79 Å². The molecule has 0 spiro atoms. The van der Waals surface area contributed by atoms with E-state index in [4.69, 9.17) is 14.2 Å². The van der Waals surface area contributed by atoms with Gasteiger partial charge < -0.3 is 14.2 Å². The Morgan fingerprint density at radius 3 is 2.30 bits per heavy atom. The van der Waals surface area contributed by atoms with Crippen LogP contribution < -0.4 is 4.74 Å². The maximum atomic E-state index is 11.7. The van der Waals surface area contributed by atoms with Crippen molar-refractivity contribution in [3.8, 4) is 5.75 Å². The van der Waals surface area contributed by atoms with Crippen molar-refractivity contribution in [3.05, 3.63) is 65.7 Å². The summed E-state index contributed by atoms with van der Waals surface area (Å²) in [5.74, 6) is 0.444. The van der Waals surface area contributed by atoms with Crippen molar-refractivity contribution in [1.82, 2.24) is 0 Å². The van der Waals surface area contributed by atoms with Crippen molar-refractivity contribution in [2.75, 3.05) is 13.7 Å². The molecule has 0 aliphatic rings. The molecule has 0 bridgehead atoms.